The highest BCUT2D eigenvalue weighted by molar-refractivity contribution is 7.14. The number of amides is 3. The van der Waals surface area contributed by atoms with E-state index >= 15 is 0 Å². The molecule has 29 heavy (non-hydrogen) atoms. The average Bonchev–Trinajstić information content (AvgIpc) is 3.15. The molecule has 0 aliphatic heterocycles. The highest BCUT2D eigenvalue weighted by Gasteiger charge is 2.20. The lowest BCUT2D eigenvalue weighted by Crippen LogP contribution is -2.39. The van der Waals surface area contributed by atoms with Crippen LogP contribution >= 0.6 is 11.3 Å². The number of esters is 1. The fourth-order valence-corrected chi connectivity index (χ4v) is 2.99. The smallest absolute Gasteiger partial charge is 0.413 e. The van der Waals surface area contributed by atoms with Gasteiger partial charge in [0.05, 0.1) is 18.5 Å². The molecule has 1 aromatic heterocycles. The summed E-state index contributed by atoms with van der Waals surface area (Å²) in [7, 11) is 1.11. The van der Waals surface area contributed by atoms with Crippen LogP contribution in [-0.4, -0.2) is 42.1 Å². The number of nitrogens with zero attached hydrogens (tertiary/aromatic N) is 2. The van der Waals surface area contributed by atoms with Gasteiger partial charge < -0.3 is 9.47 Å². The number of hydrogen-bond acceptors (Lipinski definition) is 8. The second kappa shape index (κ2) is 10.1. The zero-order valence-electron chi connectivity index (χ0n) is 15.9. The number of imide groups is 1. The summed E-state index contributed by atoms with van der Waals surface area (Å²) in [6.45, 7) is 2.75. The molecule has 9 nitrogen and oxygen atoms in total. The molecule has 1 N–H and O–H groups in total. The van der Waals surface area contributed by atoms with E-state index in [1.165, 1.54) is 36.2 Å². The number of anilines is 2. The molecular weight excluding hydrogens is 398 g/mol. The van der Waals surface area contributed by atoms with E-state index in [0.29, 0.717) is 16.5 Å². The van der Waals surface area contributed by atoms with E-state index in [2.05, 4.69) is 9.72 Å². The van der Waals surface area contributed by atoms with E-state index in [0.717, 1.165) is 13.2 Å². The van der Waals surface area contributed by atoms with Crippen LogP contribution in [0.1, 0.15) is 19.5 Å². The summed E-state index contributed by atoms with van der Waals surface area (Å²) in [4.78, 5) is 52.3. The van der Waals surface area contributed by atoms with Crippen LogP contribution in [0.3, 0.4) is 0 Å². The van der Waals surface area contributed by atoms with Crippen molar-refractivity contribution < 1.29 is 28.7 Å². The summed E-state index contributed by atoms with van der Waals surface area (Å²) >= 11 is 1.24. The van der Waals surface area contributed by atoms with Crippen LogP contribution in [0.2, 0.25) is 0 Å². The maximum Gasteiger partial charge on any atom is 0.413 e. The molecular formula is C19H19N3O6S. The van der Waals surface area contributed by atoms with Crippen LogP contribution in [0.4, 0.5) is 15.6 Å². The Kier molecular flexibility index (Phi) is 7.61. The Balaban J connectivity index is 2.02. The van der Waals surface area contributed by atoms with Gasteiger partial charge in [-0.15, -0.1) is 11.3 Å². The minimum absolute atomic E-state index is 0.203. The maximum absolute atomic E-state index is 12.0. The summed E-state index contributed by atoms with van der Waals surface area (Å²) in [5.74, 6) is -1.81. The number of carbonyl (C=O) groups is 4. The highest BCUT2D eigenvalue weighted by Crippen LogP contribution is 2.28. The number of alkyl carbamates (subject to hydrolysis) is 1. The van der Waals surface area contributed by atoms with Crippen molar-refractivity contribution in [2.24, 2.45) is 0 Å². The molecule has 0 radical (unpaired) electrons. The van der Waals surface area contributed by atoms with Gasteiger partial charge in [-0.1, -0.05) is 18.2 Å². The fraction of sp³-hybridized carbons (Fsp3) is 0.211. The molecule has 0 saturated heterocycles. The molecule has 0 saturated carbocycles. The molecule has 0 unspecified atom stereocenters. The van der Waals surface area contributed by atoms with E-state index in [4.69, 9.17) is 4.74 Å². The largest absolute Gasteiger partial charge is 0.453 e. The first-order chi connectivity index (χ1) is 13.8. The first-order valence-electron chi connectivity index (χ1n) is 8.40. The molecule has 0 aliphatic carbocycles. The first-order valence-corrected chi connectivity index (χ1v) is 9.28. The van der Waals surface area contributed by atoms with Gasteiger partial charge in [0.1, 0.15) is 0 Å². The van der Waals surface area contributed by atoms with Crippen molar-refractivity contribution >= 4 is 52.1 Å². The van der Waals surface area contributed by atoms with Gasteiger partial charge in [0.2, 0.25) is 5.91 Å². The van der Waals surface area contributed by atoms with E-state index in [1.54, 1.807) is 17.5 Å². The van der Waals surface area contributed by atoms with Gasteiger partial charge in [-0.05, 0) is 25.1 Å². The molecule has 2 aromatic rings. The van der Waals surface area contributed by atoms with Crippen molar-refractivity contribution in [1.82, 2.24) is 10.3 Å². The molecule has 10 heteroatoms. The van der Waals surface area contributed by atoms with Crippen LogP contribution < -0.4 is 10.2 Å². The summed E-state index contributed by atoms with van der Waals surface area (Å²) in [6, 6.07) is 9.04. The highest BCUT2D eigenvalue weighted by atomic mass is 32.1. The third-order valence-corrected chi connectivity index (χ3v) is 4.34. The number of para-hydroxylation sites is 1. The predicted molar refractivity (Wildman–Crippen MR) is 107 cm³/mol. The second-order valence-electron chi connectivity index (χ2n) is 5.64. The number of rotatable bonds is 6. The van der Waals surface area contributed by atoms with Gasteiger partial charge in [0, 0.05) is 18.4 Å². The van der Waals surface area contributed by atoms with Crippen molar-refractivity contribution in [2.45, 2.75) is 20.0 Å². The Labute approximate surface area is 170 Å². The molecule has 1 aromatic carbocycles. The van der Waals surface area contributed by atoms with Gasteiger partial charge >= 0.3 is 12.1 Å². The molecule has 0 aliphatic rings. The lowest BCUT2D eigenvalue weighted by atomic mass is 10.3. The lowest BCUT2D eigenvalue weighted by Gasteiger charge is -2.17. The Bertz CT molecular complexity index is 925. The van der Waals surface area contributed by atoms with Crippen molar-refractivity contribution in [3.63, 3.8) is 0 Å². The molecule has 0 fully saturated rings. The number of benzene rings is 1. The van der Waals surface area contributed by atoms with Crippen molar-refractivity contribution in [1.29, 1.82) is 0 Å². The Hall–Kier alpha value is -3.53. The molecule has 2 rings (SSSR count). The molecule has 1 atom stereocenters. The first kappa shape index (κ1) is 21.8. The third kappa shape index (κ3) is 6.25. The molecule has 1 heterocycles. The van der Waals surface area contributed by atoms with E-state index in [1.807, 2.05) is 23.5 Å². The zero-order chi connectivity index (χ0) is 21.4. The van der Waals surface area contributed by atoms with Crippen LogP contribution in [0, 0.1) is 0 Å². The van der Waals surface area contributed by atoms with E-state index in [9.17, 15) is 19.2 Å². The number of thiazole rings is 1. The monoisotopic (exact) mass is 417 g/mol. The van der Waals surface area contributed by atoms with E-state index < -0.39 is 24.1 Å². The number of methoxy groups -OCH3 is 1. The molecule has 152 valence electrons. The standard InChI is InChI=1S/C19H19N3O6S/c1-12(17(25)21-19(26)27-3)28-16(24)10-9-14-11-29-18(20-14)22(13(2)23)15-7-5-4-6-8-15/h4-12H,1-3H3,(H,21,25,26)/b10-9+/t12-/m1/s1. The maximum atomic E-state index is 12.0. The summed E-state index contributed by atoms with van der Waals surface area (Å²) < 4.78 is 9.20. The second-order valence-corrected chi connectivity index (χ2v) is 6.47. The summed E-state index contributed by atoms with van der Waals surface area (Å²) in [6.07, 6.45) is 0.359. The van der Waals surface area contributed by atoms with E-state index in [-0.39, 0.29) is 5.91 Å². The van der Waals surface area contributed by atoms with Gasteiger partial charge in [-0.3, -0.25) is 19.8 Å². The van der Waals surface area contributed by atoms with Crippen molar-refractivity contribution in [2.75, 3.05) is 12.0 Å². The third-order valence-electron chi connectivity index (χ3n) is 3.49. The fourth-order valence-electron chi connectivity index (χ4n) is 2.13. The summed E-state index contributed by atoms with van der Waals surface area (Å²) in [5.41, 5.74) is 1.12. The zero-order valence-corrected chi connectivity index (χ0v) is 16.8. The summed E-state index contributed by atoms with van der Waals surface area (Å²) in [5, 5.41) is 4.02. The van der Waals surface area contributed by atoms with Crippen LogP contribution in [-0.2, 0) is 23.9 Å². The van der Waals surface area contributed by atoms with Crippen LogP contribution in [0.25, 0.3) is 6.08 Å². The van der Waals surface area contributed by atoms with Crippen LogP contribution in [0.15, 0.2) is 41.8 Å². The Morgan fingerprint density at radius 3 is 2.52 bits per heavy atom. The van der Waals surface area contributed by atoms with Gasteiger partial charge in [0.25, 0.3) is 5.91 Å². The van der Waals surface area contributed by atoms with Crippen molar-refractivity contribution in [3.05, 3.63) is 47.5 Å². The topological polar surface area (TPSA) is 115 Å². The molecule has 0 bridgehead atoms. The predicted octanol–water partition coefficient (Wildman–Crippen LogP) is 2.66. The number of carbonyl (C=O) groups excluding carboxylic acids is 4. The number of aromatic nitrogens is 1. The average molecular weight is 417 g/mol. The minimum atomic E-state index is -1.19. The number of nitrogens with one attached hydrogen (secondary N) is 1. The lowest BCUT2D eigenvalue weighted by molar-refractivity contribution is -0.149. The quantitative estimate of drug-likeness (QED) is 0.567. The Morgan fingerprint density at radius 2 is 1.90 bits per heavy atom. The van der Waals surface area contributed by atoms with Gasteiger partial charge in [0.15, 0.2) is 11.2 Å². The molecule has 3 amide bonds. The number of ether oxygens (including phenoxy) is 2. The SMILES string of the molecule is COC(=O)NC(=O)[C@@H](C)OC(=O)/C=C/c1csc(N(C(C)=O)c2ccccc2)n1. The van der Waals surface area contributed by atoms with Gasteiger partial charge in [-0.25, -0.2) is 14.6 Å². The number of hydrogen-bond donors (Lipinski definition) is 1. The van der Waals surface area contributed by atoms with Crippen LogP contribution in [0.5, 0.6) is 0 Å². The Morgan fingerprint density at radius 1 is 1.21 bits per heavy atom. The minimum Gasteiger partial charge on any atom is -0.453 e. The normalized spacial score (nSPS) is 11.6. The van der Waals surface area contributed by atoms with Crippen molar-refractivity contribution in [3.8, 4) is 0 Å². The molecule has 0 spiro atoms. The van der Waals surface area contributed by atoms with Gasteiger partial charge in [-0.2, -0.15) is 0 Å².